The smallest absolute Gasteiger partial charge is 0.328 e. The van der Waals surface area contributed by atoms with Crippen LogP contribution in [0, 0.1) is 11.6 Å². The number of nitrogens with zero attached hydrogens (tertiary/aromatic N) is 1. The van der Waals surface area contributed by atoms with Crippen LogP contribution in [0.4, 0.5) is 8.78 Å². The average Bonchev–Trinajstić information content (AvgIpc) is 2.70. The Morgan fingerprint density at radius 3 is 2.80 bits per heavy atom. The summed E-state index contributed by atoms with van der Waals surface area (Å²) in [5, 5.41) is 12.8. The zero-order chi connectivity index (χ0) is 14.8. The van der Waals surface area contributed by atoms with Crippen LogP contribution in [-0.4, -0.2) is 42.2 Å². The van der Waals surface area contributed by atoms with Crippen molar-refractivity contribution in [2.75, 3.05) is 26.2 Å². The lowest BCUT2D eigenvalue weighted by Crippen LogP contribution is -2.51. The highest BCUT2D eigenvalue weighted by Crippen LogP contribution is 2.32. The molecule has 1 aliphatic heterocycles. The van der Waals surface area contributed by atoms with E-state index < -0.39 is 23.1 Å². The van der Waals surface area contributed by atoms with E-state index in [1.807, 2.05) is 0 Å². The van der Waals surface area contributed by atoms with Crippen LogP contribution in [0.5, 0.6) is 0 Å². The molecule has 0 bridgehead atoms. The molecule has 0 aliphatic carbocycles. The van der Waals surface area contributed by atoms with Gasteiger partial charge >= 0.3 is 5.97 Å². The lowest BCUT2D eigenvalue weighted by Gasteiger charge is -2.37. The first-order chi connectivity index (χ1) is 9.48. The lowest BCUT2D eigenvalue weighted by molar-refractivity contribution is -0.151. The quantitative estimate of drug-likeness (QED) is 0.884. The van der Waals surface area contributed by atoms with Crippen LogP contribution in [-0.2, 0) is 10.3 Å². The van der Waals surface area contributed by atoms with Gasteiger partial charge in [0.25, 0.3) is 0 Å². The summed E-state index contributed by atoms with van der Waals surface area (Å²) in [7, 11) is 0. The number of benzene rings is 1. The number of carboxylic acid groups (broad SMARTS) is 1. The fraction of sp³-hybridized carbons (Fsp3) is 0.500. The molecule has 1 atom stereocenters. The third-order valence-electron chi connectivity index (χ3n) is 3.87. The molecule has 1 saturated heterocycles. The van der Waals surface area contributed by atoms with Crippen LogP contribution in [0.2, 0.25) is 0 Å². The maximum absolute atomic E-state index is 14.0. The largest absolute Gasteiger partial charge is 0.480 e. The van der Waals surface area contributed by atoms with Crippen LogP contribution in [0.1, 0.15) is 18.9 Å². The van der Waals surface area contributed by atoms with Crippen molar-refractivity contribution in [1.82, 2.24) is 10.2 Å². The fourth-order valence-electron chi connectivity index (χ4n) is 2.59. The third-order valence-corrected chi connectivity index (χ3v) is 3.87. The molecule has 0 spiro atoms. The standard InChI is InChI=1S/C14H18F2N2O2/c1-14(13(19)20,18-8-3-6-17-7-9-18)10-4-2-5-11(15)12(10)16/h2,4-5,17H,3,6-9H2,1H3,(H,19,20). The number of aliphatic carboxylic acids is 1. The van der Waals surface area contributed by atoms with Gasteiger partial charge in [-0.15, -0.1) is 0 Å². The average molecular weight is 284 g/mol. The second kappa shape index (κ2) is 5.85. The molecule has 0 radical (unpaired) electrons. The van der Waals surface area contributed by atoms with Crippen molar-refractivity contribution in [2.45, 2.75) is 18.9 Å². The normalized spacial score (nSPS) is 20.1. The minimum atomic E-state index is -1.57. The first kappa shape index (κ1) is 14.9. The monoisotopic (exact) mass is 284 g/mol. The minimum absolute atomic E-state index is 0.132. The molecule has 4 nitrogen and oxygen atoms in total. The molecule has 1 aromatic rings. The molecule has 0 aromatic heterocycles. The van der Waals surface area contributed by atoms with Crippen molar-refractivity contribution in [3.8, 4) is 0 Å². The van der Waals surface area contributed by atoms with Gasteiger partial charge in [0.2, 0.25) is 0 Å². The van der Waals surface area contributed by atoms with Crippen molar-refractivity contribution in [2.24, 2.45) is 0 Å². The van der Waals surface area contributed by atoms with Gasteiger partial charge in [0.15, 0.2) is 11.6 Å². The molecule has 20 heavy (non-hydrogen) atoms. The van der Waals surface area contributed by atoms with Crippen LogP contribution >= 0.6 is 0 Å². The Hall–Kier alpha value is -1.53. The van der Waals surface area contributed by atoms with Crippen LogP contribution < -0.4 is 5.32 Å². The Bertz CT molecular complexity index is 502. The zero-order valence-corrected chi connectivity index (χ0v) is 11.3. The van der Waals surface area contributed by atoms with E-state index in [2.05, 4.69) is 5.32 Å². The summed E-state index contributed by atoms with van der Waals surface area (Å²) < 4.78 is 27.5. The van der Waals surface area contributed by atoms with Crippen molar-refractivity contribution in [3.63, 3.8) is 0 Å². The second-order valence-corrected chi connectivity index (χ2v) is 5.07. The van der Waals surface area contributed by atoms with Crippen LogP contribution in [0.15, 0.2) is 18.2 Å². The van der Waals surface area contributed by atoms with Gasteiger partial charge in [0.1, 0.15) is 5.54 Å². The van der Waals surface area contributed by atoms with Crippen molar-refractivity contribution in [3.05, 3.63) is 35.4 Å². The van der Waals surface area contributed by atoms with E-state index in [4.69, 9.17) is 0 Å². The van der Waals surface area contributed by atoms with Gasteiger partial charge in [0, 0.05) is 25.2 Å². The number of nitrogens with one attached hydrogen (secondary N) is 1. The highest BCUT2D eigenvalue weighted by molar-refractivity contribution is 5.80. The molecule has 6 heteroatoms. The van der Waals surface area contributed by atoms with Crippen molar-refractivity contribution >= 4 is 5.97 Å². The molecule has 2 rings (SSSR count). The summed E-state index contributed by atoms with van der Waals surface area (Å²) in [6.07, 6.45) is 0.764. The van der Waals surface area contributed by atoms with E-state index in [1.54, 1.807) is 4.90 Å². The molecule has 0 saturated carbocycles. The molecular formula is C14H18F2N2O2. The number of carbonyl (C=O) groups is 1. The summed E-state index contributed by atoms with van der Waals surface area (Å²) in [5.41, 5.74) is -1.70. The molecule has 0 amide bonds. The number of rotatable bonds is 3. The Morgan fingerprint density at radius 1 is 1.35 bits per heavy atom. The minimum Gasteiger partial charge on any atom is -0.480 e. The lowest BCUT2D eigenvalue weighted by atomic mass is 9.89. The number of halogens is 2. The van der Waals surface area contributed by atoms with Gasteiger partial charge in [-0.3, -0.25) is 4.90 Å². The van der Waals surface area contributed by atoms with E-state index >= 15 is 0 Å². The predicted molar refractivity (Wildman–Crippen MR) is 70.4 cm³/mol. The molecule has 1 aliphatic rings. The summed E-state index contributed by atoms with van der Waals surface area (Å²) >= 11 is 0. The Kier molecular flexibility index (Phi) is 4.35. The second-order valence-electron chi connectivity index (χ2n) is 5.07. The van der Waals surface area contributed by atoms with Gasteiger partial charge < -0.3 is 10.4 Å². The van der Waals surface area contributed by atoms with Gasteiger partial charge in [-0.1, -0.05) is 12.1 Å². The molecule has 1 unspecified atom stereocenters. The van der Waals surface area contributed by atoms with Crippen LogP contribution in [0.25, 0.3) is 0 Å². The molecule has 1 aromatic carbocycles. The first-order valence-corrected chi connectivity index (χ1v) is 6.61. The number of hydrogen-bond acceptors (Lipinski definition) is 3. The van der Waals surface area contributed by atoms with Crippen molar-refractivity contribution < 1.29 is 18.7 Å². The molecule has 1 heterocycles. The van der Waals surface area contributed by atoms with E-state index in [0.717, 1.165) is 19.0 Å². The Balaban J connectivity index is 2.48. The van der Waals surface area contributed by atoms with Gasteiger partial charge in [-0.2, -0.15) is 0 Å². The van der Waals surface area contributed by atoms with Crippen LogP contribution in [0.3, 0.4) is 0 Å². The van der Waals surface area contributed by atoms with Gasteiger partial charge in [0.05, 0.1) is 0 Å². The summed E-state index contributed by atoms with van der Waals surface area (Å²) in [4.78, 5) is 13.4. The van der Waals surface area contributed by atoms with Gasteiger partial charge in [-0.25, -0.2) is 13.6 Å². The first-order valence-electron chi connectivity index (χ1n) is 6.61. The summed E-state index contributed by atoms with van der Waals surface area (Å²) in [6, 6.07) is 3.67. The van der Waals surface area contributed by atoms with E-state index in [9.17, 15) is 18.7 Å². The SMILES string of the molecule is CC(C(=O)O)(c1cccc(F)c1F)N1CCCNCC1. The highest BCUT2D eigenvalue weighted by Gasteiger charge is 2.43. The summed E-state index contributed by atoms with van der Waals surface area (Å²) in [6.45, 7) is 3.83. The zero-order valence-electron chi connectivity index (χ0n) is 11.3. The number of carboxylic acids is 1. The third kappa shape index (κ3) is 2.53. The van der Waals surface area contributed by atoms with Crippen molar-refractivity contribution in [1.29, 1.82) is 0 Å². The fourth-order valence-corrected chi connectivity index (χ4v) is 2.59. The molecule has 110 valence electrons. The maximum Gasteiger partial charge on any atom is 0.328 e. The van der Waals surface area contributed by atoms with E-state index in [0.29, 0.717) is 19.6 Å². The van der Waals surface area contributed by atoms with E-state index in [1.165, 1.54) is 19.1 Å². The van der Waals surface area contributed by atoms with E-state index in [-0.39, 0.29) is 5.56 Å². The maximum atomic E-state index is 14.0. The number of hydrogen-bond donors (Lipinski definition) is 2. The topological polar surface area (TPSA) is 52.6 Å². The van der Waals surface area contributed by atoms with Gasteiger partial charge in [-0.05, 0) is 26.0 Å². The molecule has 2 N–H and O–H groups in total. The highest BCUT2D eigenvalue weighted by atomic mass is 19.2. The Morgan fingerprint density at radius 2 is 2.10 bits per heavy atom. The predicted octanol–water partition coefficient (Wildman–Crippen LogP) is 1.56. The Labute approximate surface area is 116 Å². The summed E-state index contributed by atoms with van der Waals surface area (Å²) in [5.74, 6) is -3.29. The molecule has 1 fully saturated rings. The molecular weight excluding hydrogens is 266 g/mol.